The standard InChI is InChI=1S/C18H26N4O3/c1-6-22-13(3)15(12(2)21-22)9-10-19-18(23)20-14-7-8-16(24-4)17(11-14)25-5/h7-8,11H,6,9-10H2,1-5H3,(H2,19,20,23). The number of aromatic nitrogens is 2. The molecule has 2 rings (SSSR count). The van der Waals surface area contributed by atoms with Crippen molar-refractivity contribution in [3.8, 4) is 11.5 Å². The first-order valence-corrected chi connectivity index (χ1v) is 8.29. The van der Waals surface area contributed by atoms with E-state index >= 15 is 0 Å². The first kappa shape index (κ1) is 18.6. The van der Waals surface area contributed by atoms with E-state index in [4.69, 9.17) is 9.47 Å². The number of amides is 2. The smallest absolute Gasteiger partial charge is 0.319 e. The second-order valence-corrected chi connectivity index (χ2v) is 5.67. The summed E-state index contributed by atoms with van der Waals surface area (Å²) in [5.41, 5.74) is 4.00. The van der Waals surface area contributed by atoms with Crippen molar-refractivity contribution >= 4 is 11.7 Å². The van der Waals surface area contributed by atoms with Gasteiger partial charge in [0.2, 0.25) is 0 Å². The van der Waals surface area contributed by atoms with Gasteiger partial charge in [0.25, 0.3) is 0 Å². The quantitative estimate of drug-likeness (QED) is 0.808. The van der Waals surface area contributed by atoms with Crippen molar-refractivity contribution in [2.45, 2.75) is 33.7 Å². The van der Waals surface area contributed by atoms with Gasteiger partial charge in [-0.05, 0) is 44.9 Å². The van der Waals surface area contributed by atoms with Crippen molar-refractivity contribution in [1.29, 1.82) is 0 Å². The van der Waals surface area contributed by atoms with Crippen LogP contribution in [0.2, 0.25) is 0 Å². The average Bonchev–Trinajstić information content (AvgIpc) is 2.88. The molecule has 1 aromatic heterocycles. The Morgan fingerprint density at radius 1 is 1.20 bits per heavy atom. The van der Waals surface area contributed by atoms with Crippen molar-refractivity contribution in [2.24, 2.45) is 0 Å². The maximum Gasteiger partial charge on any atom is 0.319 e. The van der Waals surface area contributed by atoms with E-state index in [1.165, 1.54) is 5.56 Å². The number of hydrogen-bond acceptors (Lipinski definition) is 4. The SMILES string of the molecule is CCn1nc(C)c(CCNC(=O)Nc2ccc(OC)c(OC)c2)c1C. The Bertz CT molecular complexity index is 740. The van der Waals surface area contributed by atoms with Crippen molar-refractivity contribution < 1.29 is 14.3 Å². The zero-order valence-electron chi connectivity index (χ0n) is 15.5. The monoisotopic (exact) mass is 346 g/mol. The lowest BCUT2D eigenvalue weighted by atomic mass is 10.1. The summed E-state index contributed by atoms with van der Waals surface area (Å²) in [6.45, 7) is 7.51. The van der Waals surface area contributed by atoms with Crippen LogP contribution in [-0.2, 0) is 13.0 Å². The highest BCUT2D eigenvalue weighted by molar-refractivity contribution is 5.89. The Kier molecular flexibility index (Phi) is 6.27. The Balaban J connectivity index is 1.90. The van der Waals surface area contributed by atoms with Crippen molar-refractivity contribution in [3.05, 3.63) is 35.2 Å². The minimum Gasteiger partial charge on any atom is -0.493 e. The van der Waals surface area contributed by atoms with E-state index in [0.29, 0.717) is 23.7 Å². The van der Waals surface area contributed by atoms with E-state index < -0.39 is 0 Å². The molecule has 0 saturated heterocycles. The molecule has 7 nitrogen and oxygen atoms in total. The molecule has 2 N–H and O–H groups in total. The van der Waals surface area contributed by atoms with Crippen LogP contribution in [0.4, 0.5) is 10.5 Å². The fraction of sp³-hybridized carbons (Fsp3) is 0.444. The molecule has 0 atom stereocenters. The third kappa shape index (κ3) is 4.43. The largest absolute Gasteiger partial charge is 0.493 e. The topological polar surface area (TPSA) is 77.4 Å². The van der Waals surface area contributed by atoms with Crippen LogP contribution >= 0.6 is 0 Å². The van der Waals surface area contributed by atoms with Crippen LogP contribution in [0.5, 0.6) is 11.5 Å². The Morgan fingerprint density at radius 3 is 2.52 bits per heavy atom. The molecular weight excluding hydrogens is 320 g/mol. The van der Waals surface area contributed by atoms with Crippen molar-refractivity contribution in [2.75, 3.05) is 26.1 Å². The highest BCUT2D eigenvalue weighted by atomic mass is 16.5. The van der Waals surface area contributed by atoms with Crippen LogP contribution < -0.4 is 20.1 Å². The van der Waals surface area contributed by atoms with Crippen LogP contribution in [0, 0.1) is 13.8 Å². The van der Waals surface area contributed by atoms with Crippen LogP contribution in [-0.4, -0.2) is 36.6 Å². The molecule has 0 unspecified atom stereocenters. The van der Waals surface area contributed by atoms with E-state index in [9.17, 15) is 4.79 Å². The van der Waals surface area contributed by atoms with E-state index in [1.807, 2.05) is 11.6 Å². The zero-order chi connectivity index (χ0) is 18.4. The lowest BCUT2D eigenvalue weighted by molar-refractivity contribution is 0.252. The fourth-order valence-electron chi connectivity index (χ4n) is 2.79. The molecule has 0 fully saturated rings. The minimum absolute atomic E-state index is 0.259. The predicted molar refractivity (Wildman–Crippen MR) is 97.6 cm³/mol. The zero-order valence-corrected chi connectivity index (χ0v) is 15.5. The molecule has 0 saturated carbocycles. The third-order valence-electron chi connectivity index (χ3n) is 4.13. The van der Waals surface area contributed by atoms with Gasteiger partial charge in [0, 0.05) is 30.5 Å². The highest BCUT2D eigenvalue weighted by Gasteiger charge is 2.11. The Morgan fingerprint density at radius 2 is 1.92 bits per heavy atom. The number of benzene rings is 1. The predicted octanol–water partition coefficient (Wildman–Crippen LogP) is 2.90. The molecule has 1 heterocycles. The summed E-state index contributed by atoms with van der Waals surface area (Å²) in [4.78, 5) is 12.1. The summed E-state index contributed by atoms with van der Waals surface area (Å²) in [7, 11) is 3.13. The van der Waals surface area contributed by atoms with E-state index in [1.54, 1.807) is 32.4 Å². The first-order valence-electron chi connectivity index (χ1n) is 8.29. The number of carbonyl (C=O) groups is 1. The van der Waals surface area contributed by atoms with Gasteiger partial charge < -0.3 is 20.1 Å². The van der Waals surface area contributed by atoms with Crippen LogP contribution in [0.3, 0.4) is 0 Å². The fourth-order valence-corrected chi connectivity index (χ4v) is 2.79. The molecule has 0 spiro atoms. The maximum absolute atomic E-state index is 12.1. The van der Waals surface area contributed by atoms with E-state index in [0.717, 1.165) is 24.4 Å². The number of urea groups is 1. The molecule has 2 aromatic rings. The summed E-state index contributed by atoms with van der Waals surface area (Å²) in [6.07, 6.45) is 0.747. The Labute approximate surface area is 148 Å². The number of methoxy groups -OCH3 is 2. The van der Waals surface area contributed by atoms with Gasteiger partial charge in [-0.1, -0.05) is 0 Å². The second kappa shape index (κ2) is 8.41. The normalized spacial score (nSPS) is 10.4. The molecule has 2 amide bonds. The van der Waals surface area contributed by atoms with Gasteiger partial charge in [0.15, 0.2) is 11.5 Å². The van der Waals surface area contributed by atoms with E-state index in [-0.39, 0.29) is 6.03 Å². The summed E-state index contributed by atoms with van der Waals surface area (Å²) in [5.74, 6) is 1.19. The average molecular weight is 346 g/mol. The maximum atomic E-state index is 12.1. The lowest BCUT2D eigenvalue weighted by Gasteiger charge is -2.11. The number of rotatable bonds is 7. The van der Waals surface area contributed by atoms with Gasteiger partial charge in [-0.3, -0.25) is 4.68 Å². The molecule has 0 aliphatic rings. The number of hydrogen-bond donors (Lipinski definition) is 2. The highest BCUT2D eigenvalue weighted by Crippen LogP contribution is 2.29. The Hall–Kier alpha value is -2.70. The first-order chi connectivity index (χ1) is 12.0. The molecule has 7 heteroatoms. The number of anilines is 1. The van der Waals surface area contributed by atoms with Gasteiger partial charge >= 0.3 is 6.03 Å². The van der Waals surface area contributed by atoms with E-state index in [2.05, 4.69) is 29.6 Å². The minimum atomic E-state index is -0.259. The number of nitrogens with zero attached hydrogens (tertiary/aromatic N) is 2. The van der Waals surface area contributed by atoms with Crippen LogP contribution in [0.25, 0.3) is 0 Å². The number of ether oxygens (including phenoxy) is 2. The molecule has 0 aliphatic heterocycles. The third-order valence-corrected chi connectivity index (χ3v) is 4.13. The summed E-state index contributed by atoms with van der Waals surface area (Å²) in [6, 6.07) is 4.98. The van der Waals surface area contributed by atoms with Crippen molar-refractivity contribution in [1.82, 2.24) is 15.1 Å². The molecule has 0 bridgehead atoms. The summed E-state index contributed by atoms with van der Waals surface area (Å²) in [5, 5.41) is 10.2. The van der Waals surface area contributed by atoms with Gasteiger partial charge in [-0.2, -0.15) is 5.10 Å². The van der Waals surface area contributed by atoms with Crippen LogP contribution in [0.15, 0.2) is 18.2 Å². The number of carbonyl (C=O) groups excluding carboxylic acids is 1. The molecule has 0 radical (unpaired) electrons. The van der Waals surface area contributed by atoms with Gasteiger partial charge in [0.1, 0.15) is 0 Å². The van der Waals surface area contributed by atoms with Crippen LogP contribution in [0.1, 0.15) is 23.9 Å². The van der Waals surface area contributed by atoms with Gasteiger partial charge in [-0.25, -0.2) is 4.79 Å². The number of aryl methyl sites for hydroxylation is 2. The molecular formula is C18H26N4O3. The second-order valence-electron chi connectivity index (χ2n) is 5.67. The van der Waals surface area contributed by atoms with Crippen molar-refractivity contribution in [3.63, 3.8) is 0 Å². The van der Waals surface area contributed by atoms with Gasteiger partial charge in [0.05, 0.1) is 19.9 Å². The molecule has 0 aliphatic carbocycles. The molecule has 136 valence electrons. The molecule has 1 aromatic carbocycles. The summed E-state index contributed by atoms with van der Waals surface area (Å²) < 4.78 is 12.4. The lowest BCUT2D eigenvalue weighted by Crippen LogP contribution is -2.30. The number of nitrogens with one attached hydrogen (secondary N) is 2. The summed E-state index contributed by atoms with van der Waals surface area (Å²) >= 11 is 0. The molecule has 25 heavy (non-hydrogen) atoms. The van der Waals surface area contributed by atoms with Gasteiger partial charge in [-0.15, -0.1) is 0 Å².